The number of hydrogen-bond donors (Lipinski definition) is 1. The molecule has 1 aromatic rings. The van der Waals surface area contributed by atoms with Gasteiger partial charge in [-0.05, 0) is 13.8 Å². The van der Waals surface area contributed by atoms with Crippen LogP contribution in [0.3, 0.4) is 0 Å². The Morgan fingerprint density at radius 2 is 2.47 bits per heavy atom. The lowest BCUT2D eigenvalue weighted by molar-refractivity contribution is 0.0630. The first-order valence-corrected chi connectivity index (χ1v) is 5.63. The van der Waals surface area contributed by atoms with Crippen LogP contribution in [0, 0.1) is 0 Å². The number of rotatable bonds is 5. The van der Waals surface area contributed by atoms with Crippen molar-refractivity contribution in [1.82, 2.24) is 14.9 Å². The highest BCUT2D eigenvalue weighted by Crippen LogP contribution is 2.19. The van der Waals surface area contributed by atoms with E-state index in [0.717, 1.165) is 26.2 Å². The van der Waals surface area contributed by atoms with E-state index in [2.05, 4.69) is 21.8 Å². The molecule has 0 bridgehead atoms. The van der Waals surface area contributed by atoms with Gasteiger partial charge in [-0.2, -0.15) is 0 Å². The van der Waals surface area contributed by atoms with Crippen LogP contribution in [0.4, 0.5) is 0 Å². The fourth-order valence-electron chi connectivity index (χ4n) is 1.94. The van der Waals surface area contributed by atoms with E-state index in [-0.39, 0.29) is 6.10 Å². The van der Waals surface area contributed by atoms with E-state index in [4.69, 9.17) is 4.74 Å². The minimum Gasteiger partial charge on any atom is -0.377 e. The maximum absolute atomic E-state index is 5.54. The molecule has 15 heavy (non-hydrogen) atoms. The van der Waals surface area contributed by atoms with Crippen molar-refractivity contribution in [2.45, 2.75) is 32.4 Å². The lowest BCUT2D eigenvalue weighted by Gasteiger charge is -2.28. The van der Waals surface area contributed by atoms with Gasteiger partial charge >= 0.3 is 0 Å². The molecule has 4 nitrogen and oxygen atoms in total. The van der Waals surface area contributed by atoms with E-state index in [9.17, 15) is 0 Å². The van der Waals surface area contributed by atoms with E-state index >= 15 is 0 Å². The predicted molar refractivity (Wildman–Crippen MR) is 58.9 cm³/mol. The Morgan fingerprint density at radius 3 is 3.07 bits per heavy atom. The third-order valence-electron chi connectivity index (χ3n) is 2.85. The molecule has 1 aliphatic rings. The largest absolute Gasteiger partial charge is 0.377 e. The van der Waals surface area contributed by atoms with Crippen molar-refractivity contribution in [3.8, 4) is 0 Å². The third kappa shape index (κ3) is 2.38. The van der Waals surface area contributed by atoms with Crippen LogP contribution in [-0.4, -0.2) is 35.4 Å². The van der Waals surface area contributed by atoms with Crippen LogP contribution < -0.4 is 5.32 Å². The van der Waals surface area contributed by atoms with Gasteiger partial charge < -0.3 is 14.6 Å². The summed E-state index contributed by atoms with van der Waals surface area (Å²) in [6.45, 7) is 7.97. The van der Waals surface area contributed by atoms with Crippen molar-refractivity contribution < 1.29 is 4.74 Å². The Morgan fingerprint density at radius 1 is 1.67 bits per heavy atom. The molecule has 1 fully saturated rings. The van der Waals surface area contributed by atoms with Gasteiger partial charge in [0.2, 0.25) is 0 Å². The van der Waals surface area contributed by atoms with E-state index in [0.29, 0.717) is 5.92 Å². The molecule has 0 saturated carbocycles. The fraction of sp³-hybridized carbons (Fsp3) is 0.727. The summed E-state index contributed by atoms with van der Waals surface area (Å²) in [6.07, 6.45) is 4.14. The number of nitrogens with zero attached hydrogens (tertiary/aromatic N) is 2. The second kappa shape index (κ2) is 4.77. The maximum atomic E-state index is 5.54. The van der Waals surface area contributed by atoms with E-state index in [1.807, 2.05) is 19.4 Å². The van der Waals surface area contributed by atoms with Crippen LogP contribution in [-0.2, 0) is 11.3 Å². The van der Waals surface area contributed by atoms with Crippen LogP contribution in [0.5, 0.6) is 0 Å². The summed E-state index contributed by atoms with van der Waals surface area (Å²) in [4.78, 5) is 4.22. The lowest BCUT2D eigenvalue weighted by Crippen LogP contribution is -2.41. The minimum absolute atomic E-state index is 0.260. The molecule has 0 radical (unpaired) electrons. The Labute approximate surface area is 90.6 Å². The van der Waals surface area contributed by atoms with Gasteiger partial charge in [0.25, 0.3) is 0 Å². The zero-order valence-electron chi connectivity index (χ0n) is 9.44. The fourth-order valence-corrected chi connectivity index (χ4v) is 1.94. The summed E-state index contributed by atoms with van der Waals surface area (Å²) >= 11 is 0. The summed E-state index contributed by atoms with van der Waals surface area (Å²) in [6, 6.07) is 0. The van der Waals surface area contributed by atoms with Crippen LogP contribution in [0.1, 0.15) is 25.5 Å². The summed E-state index contributed by atoms with van der Waals surface area (Å²) in [7, 11) is 0. The molecule has 2 heterocycles. The van der Waals surface area contributed by atoms with E-state index in [1.165, 1.54) is 5.69 Å². The molecule has 0 aliphatic carbocycles. The predicted octanol–water partition coefficient (Wildman–Crippen LogP) is 0.995. The number of aromatic nitrogens is 2. The molecule has 0 amide bonds. The summed E-state index contributed by atoms with van der Waals surface area (Å²) in [5.41, 5.74) is 1.33. The topological polar surface area (TPSA) is 39.1 Å². The van der Waals surface area contributed by atoms with Gasteiger partial charge in [-0.15, -0.1) is 0 Å². The Hall–Kier alpha value is -0.870. The van der Waals surface area contributed by atoms with Crippen molar-refractivity contribution in [2.75, 3.05) is 19.7 Å². The SMILES string of the molecule is CCOC(C)Cn1cncc1C1CNC1. The van der Waals surface area contributed by atoms with Gasteiger partial charge in [-0.1, -0.05) is 0 Å². The van der Waals surface area contributed by atoms with Crippen molar-refractivity contribution in [3.05, 3.63) is 18.2 Å². The van der Waals surface area contributed by atoms with Crippen molar-refractivity contribution in [3.63, 3.8) is 0 Å². The number of nitrogens with one attached hydrogen (secondary N) is 1. The smallest absolute Gasteiger partial charge is 0.0949 e. The molecular formula is C11H19N3O. The average molecular weight is 209 g/mol. The molecule has 1 atom stereocenters. The monoisotopic (exact) mass is 209 g/mol. The molecule has 0 aromatic carbocycles. The summed E-state index contributed by atoms with van der Waals surface area (Å²) < 4.78 is 7.75. The minimum atomic E-state index is 0.260. The third-order valence-corrected chi connectivity index (χ3v) is 2.85. The lowest BCUT2D eigenvalue weighted by atomic mass is 10.00. The normalized spacial score (nSPS) is 18.8. The highest BCUT2D eigenvalue weighted by molar-refractivity contribution is 5.11. The Kier molecular flexibility index (Phi) is 3.38. The van der Waals surface area contributed by atoms with Crippen LogP contribution >= 0.6 is 0 Å². The summed E-state index contributed by atoms with van der Waals surface area (Å²) in [5, 5.41) is 3.28. The van der Waals surface area contributed by atoms with Gasteiger partial charge in [0.15, 0.2) is 0 Å². The quantitative estimate of drug-likeness (QED) is 0.786. The molecule has 1 aliphatic heterocycles. The van der Waals surface area contributed by atoms with E-state index < -0.39 is 0 Å². The molecule has 84 valence electrons. The number of ether oxygens (including phenoxy) is 1. The van der Waals surface area contributed by atoms with Crippen molar-refractivity contribution in [2.24, 2.45) is 0 Å². The van der Waals surface area contributed by atoms with Gasteiger partial charge in [0, 0.05) is 44.0 Å². The standard InChI is InChI=1S/C11H19N3O/c1-3-15-9(2)7-14-8-13-6-11(14)10-4-12-5-10/h6,8-10,12H,3-5,7H2,1-2H3. The maximum Gasteiger partial charge on any atom is 0.0949 e. The van der Waals surface area contributed by atoms with Gasteiger partial charge in [0.1, 0.15) is 0 Å². The summed E-state index contributed by atoms with van der Waals surface area (Å²) in [5.74, 6) is 0.640. The molecule has 4 heteroatoms. The molecular weight excluding hydrogens is 190 g/mol. The molecule has 1 unspecified atom stereocenters. The molecule has 0 spiro atoms. The molecule has 1 saturated heterocycles. The Bertz CT molecular complexity index is 307. The molecule has 2 rings (SSSR count). The first-order valence-electron chi connectivity index (χ1n) is 5.63. The van der Waals surface area contributed by atoms with Crippen molar-refractivity contribution in [1.29, 1.82) is 0 Å². The van der Waals surface area contributed by atoms with Gasteiger partial charge in [-0.25, -0.2) is 4.98 Å². The zero-order valence-corrected chi connectivity index (χ0v) is 9.44. The van der Waals surface area contributed by atoms with Gasteiger partial charge in [-0.3, -0.25) is 0 Å². The van der Waals surface area contributed by atoms with Crippen LogP contribution in [0.2, 0.25) is 0 Å². The highest BCUT2D eigenvalue weighted by atomic mass is 16.5. The van der Waals surface area contributed by atoms with Gasteiger partial charge in [0.05, 0.1) is 12.4 Å². The second-order valence-electron chi connectivity index (χ2n) is 4.09. The number of hydrogen-bond acceptors (Lipinski definition) is 3. The molecule has 1 N–H and O–H groups in total. The van der Waals surface area contributed by atoms with E-state index in [1.54, 1.807) is 0 Å². The molecule has 1 aromatic heterocycles. The van der Waals surface area contributed by atoms with Crippen LogP contribution in [0.15, 0.2) is 12.5 Å². The Balaban J connectivity index is 1.97. The first kappa shape index (κ1) is 10.6. The van der Waals surface area contributed by atoms with Crippen molar-refractivity contribution >= 4 is 0 Å². The zero-order chi connectivity index (χ0) is 10.7. The van der Waals surface area contributed by atoms with Crippen LogP contribution in [0.25, 0.3) is 0 Å². The first-order chi connectivity index (χ1) is 7.31. The second-order valence-corrected chi connectivity index (χ2v) is 4.09. The number of imidazole rings is 1. The average Bonchev–Trinajstić information content (AvgIpc) is 2.51. The highest BCUT2D eigenvalue weighted by Gasteiger charge is 2.22.